The number of aromatic amines is 1. The highest BCUT2D eigenvalue weighted by molar-refractivity contribution is 5.67. The molecule has 1 aromatic heterocycles. The van der Waals surface area contributed by atoms with Crippen LogP contribution in [0.5, 0.6) is 0 Å². The highest BCUT2D eigenvalue weighted by atomic mass is 16.1. The maximum atomic E-state index is 11.7. The molecule has 104 valence electrons. The third-order valence-corrected chi connectivity index (χ3v) is 3.55. The third kappa shape index (κ3) is 2.32. The molecule has 0 amide bonds. The van der Waals surface area contributed by atoms with Crippen LogP contribution in [-0.2, 0) is 0 Å². The SMILES string of the molecule is Nc1ccccc1N1CCN(c2ncc[nH]c2=O)CC1. The van der Waals surface area contributed by atoms with E-state index in [9.17, 15) is 4.79 Å². The zero-order valence-corrected chi connectivity index (χ0v) is 11.1. The highest BCUT2D eigenvalue weighted by Crippen LogP contribution is 2.23. The number of H-pyrrole nitrogens is 1. The van der Waals surface area contributed by atoms with E-state index in [-0.39, 0.29) is 5.56 Å². The average molecular weight is 271 g/mol. The van der Waals surface area contributed by atoms with Gasteiger partial charge in [0, 0.05) is 38.6 Å². The Bertz CT molecular complexity index is 646. The van der Waals surface area contributed by atoms with Crippen LogP contribution in [0.1, 0.15) is 0 Å². The molecule has 0 radical (unpaired) electrons. The van der Waals surface area contributed by atoms with Crippen LogP contribution in [-0.4, -0.2) is 36.1 Å². The molecule has 1 aliphatic heterocycles. The first-order valence-electron chi connectivity index (χ1n) is 6.64. The molecule has 1 fully saturated rings. The van der Waals surface area contributed by atoms with Crippen molar-refractivity contribution in [1.29, 1.82) is 0 Å². The standard InChI is InChI=1S/C14H17N5O/c15-11-3-1-2-4-12(11)18-7-9-19(10-8-18)13-14(20)17-6-5-16-13/h1-6H,7-10,15H2,(H,17,20). The van der Waals surface area contributed by atoms with Gasteiger partial charge in [-0.3, -0.25) is 4.79 Å². The van der Waals surface area contributed by atoms with Gasteiger partial charge in [0.2, 0.25) is 0 Å². The van der Waals surface area contributed by atoms with Crippen molar-refractivity contribution in [2.45, 2.75) is 0 Å². The lowest BCUT2D eigenvalue weighted by Gasteiger charge is -2.36. The minimum Gasteiger partial charge on any atom is -0.397 e. The van der Waals surface area contributed by atoms with E-state index < -0.39 is 0 Å². The summed E-state index contributed by atoms with van der Waals surface area (Å²) in [5, 5.41) is 0. The lowest BCUT2D eigenvalue weighted by atomic mass is 10.2. The molecular formula is C14H17N5O. The summed E-state index contributed by atoms with van der Waals surface area (Å²) >= 11 is 0. The predicted octanol–water partition coefficient (Wildman–Crippen LogP) is 0.679. The molecule has 6 nitrogen and oxygen atoms in total. The minimum absolute atomic E-state index is 0.139. The second kappa shape index (κ2) is 5.24. The molecule has 3 rings (SSSR count). The van der Waals surface area contributed by atoms with Crippen LogP contribution < -0.4 is 21.1 Å². The molecule has 1 saturated heterocycles. The second-order valence-electron chi connectivity index (χ2n) is 4.77. The summed E-state index contributed by atoms with van der Waals surface area (Å²) < 4.78 is 0. The van der Waals surface area contributed by atoms with Gasteiger partial charge >= 0.3 is 0 Å². The van der Waals surface area contributed by atoms with E-state index in [0.717, 1.165) is 37.6 Å². The Labute approximate surface area is 116 Å². The van der Waals surface area contributed by atoms with Crippen molar-refractivity contribution in [3.63, 3.8) is 0 Å². The van der Waals surface area contributed by atoms with E-state index in [4.69, 9.17) is 5.73 Å². The quantitative estimate of drug-likeness (QED) is 0.785. The Kier molecular flexibility index (Phi) is 3.28. The van der Waals surface area contributed by atoms with Gasteiger partial charge in [-0.15, -0.1) is 0 Å². The lowest BCUT2D eigenvalue weighted by molar-refractivity contribution is 0.644. The molecule has 2 aromatic rings. The van der Waals surface area contributed by atoms with Gasteiger partial charge < -0.3 is 20.5 Å². The molecule has 6 heteroatoms. The van der Waals surface area contributed by atoms with E-state index in [1.54, 1.807) is 12.4 Å². The van der Waals surface area contributed by atoms with Crippen molar-refractivity contribution >= 4 is 17.2 Å². The molecule has 0 atom stereocenters. The fraction of sp³-hybridized carbons (Fsp3) is 0.286. The minimum atomic E-state index is -0.139. The number of benzene rings is 1. The van der Waals surface area contributed by atoms with Gasteiger partial charge in [0.25, 0.3) is 5.56 Å². The summed E-state index contributed by atoms with van der Waals surface area (Å²) in [7, 11) is 0. The van der Waals surface area contributed by atoms with Gasteiger partial charge in [0.15, 0.2) is 5.82 Å². The monoisotopic (exact) mass is 271 g/mol. The number of nitrogens with one attached hydrogen (secondary N) is 1. The second-order valence-corrected chi connectivity index (χ2v) is 4.77. The Balaban J connectivity index is 1.73. The first-order valence-corrected chi connectivity index (χ1v) is 6.64. The highest BCUT2D eigenvalue weighted by Gasteiger charge is 2.20. The fourth-order valence-corrected chi connectivity index (χ4v) is 2.50. The smallest absolute Gasteiger partial charge is 0.290 e. The van der Waals surface area contributed by atoms with Crippen LogP contribution >= 0.6 is 0 Å². The van der Waals surface area contributed by atoms with Gasteiger partial charge in [-0.05, 0) is 12.1 Å². The molecular weight excluding hydrogens is 254 g/mol. The van der Waals surface area contributed by atoms with Gasteiger partial charge in [-0.1, -0.05) is 12.1 Å². The molecule has 0 bridgehead atoms. The predicted molar refractivity (Wildman–Crippen MR) is 80.1 cm³/mol. The van der Waals surface area contributed by atoms with E-state index in [0.29, 0.717) is 5.82 Å². The number of nitrogen functional groups attached to an aromatic ring is 1. The number of anilines is 3. The molecule has 0 aliphatic carbocycles. The molecule has 0 unspecified atom stereocenters. The summed E-state index contributed by atoms with van der Waals surface area (Å²) in [4.78, 5) is 22.8. The maximum Gasteiger partial charge on any atom is 0.290 e. The van der Waals surface area contributed by atoms with Crippen LogP contribution in [0.2, 0.25) is 0 Å². The van der Waals surface area contributed by atoms with Crippen molar-refractivity contribution in [1.82, 2.24) is 9.97 Å². The van der Waals surface area contributed by atoms with Gasteiger partial charge in [0.05, 0.1) is 11.4 Å². The summed E-state index contributed by atoms with van der Waals surface area (Å²) in [5.74, 6) is 0.494. The van der Waals surface area contributed by atoms with Crippen molar-refractivity contribution < 1.29 is 0 Å². The van der Waals surface area contributed by atoms with E-state index >= 15 is 0 Å². The van der Waals surface area contributed by atoms with Crippen LogP contribution in [0.4, 0.5) is 17.2 Å². The van der Waals surface area contributed by atoms with Crippen molar-refractivity contribution in [3.8, 4) is 0 Å². The molecule has 0 saturated carbocycles. The third-order valence-electron chi connectivity index (χ3n) is 3.55. The molecule has 2 heterocycles. The summed E-state index contributed by atoms with van der Waals surface area (Å²) in [6, 6.07) is 7.85. The number of para-hydroxylation sites is 2. The summed E-state index contributed by atoms with van der Waals surface area (Å²) in [5.41, 5.74) is 7.71. The Morgan fingerprint density at radius 3 is 2.50 bits per heavy atom. The number of nitrogens with two attached hydrogens (primary N) is 1. The Morgan fingerprint density at radius 1 is 1.10 bits per heavy atom. The maximum absolute atomic E-state index is 11.7. The molecule has 1 aliphatic rings. The first-order chi connectivity index (χ1) is 9.75. The van der Waals surface area contributed by atoms with Crippen LogP contribution in [0, 0.1) is 0 Å². The number of hydrogen-bond donors (Lipinski definition) is 2. The van der Waals surface area contributed by atoms with Gasteiger partial charge in [-0.2, -0.15) is 0 Å². The molecule has 3 N–H and O–H groups in total. The van der Waals surface area contributed by atoms with Crippen molar-refractivity contribution in [3.05, 3.63) is 47.0 Å². The number of nitrogens with zero attached hydrogens (tertiary/aromatic N) is 3. The zero-order chi connectivity index (χ0) is 13.9. The van der Waals surface area contributed by atoms with E-state index in [1.165, 1.54) is 0 Å². The number of aromatic nitrogens is 2. The van der Waals surface area contributed by atoms with Gasteiger partial charge in [0.1, 0.15) is 0 Å². The molecule has 1 aromatic carbocycles. The van der Waals surface area contributed by atoms with E-state index in [1.807, 2.05) is 29.2 Å². The Hall–Kier alpha value is -2.50. The number of piperazine rings is 1. The summed E-state index contributed by atoms with van der Waals surface area (Å²) in [6.07, 6.45) is 3.16. The topological polar surface area (TPSA) is 78.2 Å². The van der Waals surface area contributed by atoms with E-state index in [2.05, 4.69) is 14.9 Å². The van der Waals surface area contributed by atoms with Crippen molar-refractivity contribution in [2.75, 3.05) is 41.7 Å². The first kappa shape index (κ1) is 12.5. The zero-order valence-electron chi connectivity index (χ0n) is 11.1. The van der Waals surface area contributed by atoms with Crippen molar-refractivity contribution in [2.24, 2.45) is 0 Å². The van der Waals surface area contributed by atoms with Crippen LogP contribution in [0.15, 0.2) is 41.5 Å². The normalized spacial score (nSPS) is 15.4. The number of hydrogen-bond acceptors (Lipinski definition) is 5. The van der Waals surface area contributed by atoms with Crippen LogP contribution in [0.3, 0.4) is 0 Å². The summed E-state index contributed by atoms with van der Waals surface area (Å²) in [6.45, 7) is 3.16. The molecule has 20 heavy (non-hydrogen) atoms. The lowest BCUT2D eigenvalue weighted by Crippen LogP contribution is -2.48. The average Bonchev–Trinajstić information content (AvgIpc) is 2.49. The molecule has 0 spiro atoms. The number of rotatable bonds is 2. The Morgan fingerprint density at radius 2 is 1.80 bits per heavy atom. The van der Waals surface area contributed by atoms with Crippen LogP contribution in [0.25, 0.3) is 0 Å². The fourth-order valence-electron chi connectivity index (χ4n) is 2.50. The largest absolute Gasteiger partial charge is 0.397 e. The van der Waals surface area contributed by atoms with Gasteiger partial charge in [-0.25, -0.2) is 4.98 Å².